The summed E-state index contributed by atoms with van der Waals surface area (Å²) >= 11 is 1.44. The van der Waals surface area contributed by atoms with Gasteiger partial charge in [0, 0.05) is 29.2 Å². The minimum absolute atomic E-state index is 0.102. The van der Waals surface area contributed by atoms with Gasteiger partial charge in [0.15, 0.2) is 6.29 Å². The van der Waals surface area contributed by atoms with E-state index in [9.17, 15) is 14.4 Å². The second-order valence-corrected chi connectivity index (χ2v) is 11.5. The maximum absolute atomic E-state index is 13.2. The van der Waals surface area contributed by atoms with Crippen molar-refractivity contribution in [1.82, 2.24) is 10.2 Å². The van der Waals surface area contributed by atoms with Gasteiger partial charge in [-0.05, 0) is 81.6 Å². The number of anilines is 1. The molecule has 1 aromatic heterocycles. The van der Waals surface area contributed by atoms with E-state index in [1.165, 1.54) is 11.3 Å². The van der Waals surface area contributed by atoms with Crippen LogP contribution in [0.3, 0.4) is 0 Å². The van der Waals surface area contributed by atoms with Crippen molar-refractivity contribution in [2.45, 2.75) is 52.3 Å². The number of aryl methyl sites for hydroxylation is 1. The zero-order chi connectivity index (χ0) is 26.7. The van der Waals surface area contributed by atoms with Crippen LogP contribution < -0.4 is 10.6 Å². The van der Waals surface area contributed by atoms with E-state index in [-0.39, 0.29) is 24.1 Å². The van der Waals surface area contributed by atoms with Crippen molar-refractivity contribution in [1.29, 1.82) is 0 Å². The minimum Gasteiger partial charge on any atom is -0.444 e. The van der Waals surface area contributed by atoms with Gasteiger partial charge in [0.2, 0.25) is 0 Å². The maximum atomic E-state index is 13.2. The number of hydrogen-bond donors (Lipinski definition) is 2. The van der Waals surface area contributed by atoms with E-state index in [2.05, 4.69) is 10.6 Å². The molecule has 1 saturated heterocycles. The lowest BCUT2D eigenvalue weighted by Gasteiger charge is -2.40. The number of ether oxygens (including phenoxy) is 1. The number of aldehydes is 1. The van der Waals surface area contributed by atoms with E-state index >= 15 is 0 Å². The van der Waals surface area contributed by atoms with Crippen LogP contribution in [0.15, 0.2) is 54.6 Å². The predicted octanol–water partition coefficient (Wildman–Crippen LogP) is 6.06. The van der Waals surface area contributed by atoms with Crippen molar-refractivity contribution in [3.63, 3.8) is 0 Å². The molecule has 37 heavy (non-hydrogen) atoms. The molecule has 194 valence electrons. The normalized spacial score (nSPS) is 14.5. The maximum Gasteiger partial charge on any atom is 0.410 e. The topological polar surface area (TPSA) is 87.7 Å². The van der Waals surface area contributed by atoms with Crippen molar-refractivity contribution >= 4 is 35.3 Å². The smallest absolute Gasteiger partial charge is 0.410 e. The average molecular weight is 520 g/mol. The third-order valence-corrected chi connectivity index (χ3v) is 7.21. The number of nitrogens with one attached hydrogen (secondary N) is 2. The quantitative estimate of drug-likeness (QED) is 0.371. The van der Waals surface area contributed by atoms with Gasteiger partial charge in [-0.3, -0.25) is 9.59 Å². The standard InChI is InChI=1S/C29H33N3O4S/c1-18-9-10-22(31-23-15-32(16-23)28(35)36-29(3,4)5)14-25(18)27(34)30-19(2)20-7-6-8-21(13-20)26-12-11-24(17-33)37-26/h6-14,17,19,23,31H,15-16H2,1-5H3,(H,30,34)/t19-/m1/s1. The number of nitrogens with zero attached hydrogens (tertiary/aromatic N) is 1. The van der Waals surface area contributed by atoms with Crippen molar-refractivity contribution in [3.05, 3.63) is 76.2 Å². The zero-order valence-corrected chi connectivity index (χ0v) is 22.6. The predicted molar refractivity (Wildman–Crippen MR) is 147 cm³/mol. The van der Waals surface area contributed by atoms with Crippen LogP contribution in [-0.2, 0) is 4.74 Å². The van der Waals surface area contributed by atoms with Gasteiger partial charge in [-0.1, -0.05) is 24.3 Å². The monoisotopic (exact) mass is 519 g/mol. The Morgan fingerprint density at radius 2 is 1.86 bits per heavy atom. The van der Waals surface area contributed by atoms with Crippen LogP contribution in [0, 0.1) is 6.92 Å². The Bertz CT molecular complexity index is 1300. The number of likely N-dealkylation sites (tertiary alicyclic amines) is 1. The number of benzene rings is 2. The molecule has 3 aromatic rings. The van der Waals surface area contributed by atoms with Gasteiger partial charge in [-0.25, -0.2) is 4.79 Å². The zero-order valence-electron chi connectivity index (χ0n) is 21.8. The first-order valence-electron chi connectivity index (χ1n) is 12.3. The second-order valence-electron chi connectivity index (χ2n) is 10.4. The lowest BCUT2D eigenvalue weighted by atomic mass is 10.0. The summed E-state index contributed by atoms with van der Waals surface area (Å²) in [5.41, 5.74) is 3.80. The Morgan fingerprint density at radius 3 is 2.54 bits per heavy atom. The fraction of sp³-hybridized carbons (Fsp3) is 0.345. The Kier molecular flexibility index (Phi) is 7.68. The highest BCUT2D eigenvalue weighted by Crippen LogP contribution is 2.29. The molecule has 1 aliphatic heterocycles. The molecule has 7 nitrogen and oxygen atoms in total. The van der Waals surface area contributed by atoms with Crippen molar-refractivity contribution in [3.8, 4) is 10.4 Å². The van der Waals surface area contributed by atoms with E-state index in [0.29, 0.717) is 23.5 Å². The minimum atomic E-state index is -0.517. The van der Waals surface area contributed by atoms with Crippen LogP contribution >= 0.6 is 11.3 Å². The summed E-state index contributed by atoms with van der Waals surface area (Å²) in [4.78, 5) is 39.8. The molecule has 4 rings (SSSR count). The molecule has 2 aromatic carbocycles. The van der Waals surface area contributed by atoms with Gasteiger partial charge >= 0.3 is 6.09 Å². The third-order valence-electron chi connectivity index (χ3n) is 6.15. The summed E-state index contributed by atoms with van der Waals surface area (Å²) < 4.78 is 5.41. The molecule has 0 saturated carbocycles. The van der Waals surface area contributed by atoms with Gasteiger partial charge in [-0.15, -0.1) is 11.3 Å². The molecule has 0 unspecified atom stereocenters. The van der Waals surface area contributed by atoms with E-state index in [4.69, 9.17) is 4.74 Å². The first-order valence-corrected chi connectivity index (χ1v) is 13.2. The Labute approximate surface area is 221 Å². The summed E-state index contributed by atoms with van der Waals surface area (Å²) in [7, 11) is 0. The Morgan fingerprint density at radius 1 is 1.11 bits per heavy atom. The first-order chi connectivity index (χ1) is 17.5. The highest BCUT2D eigenvalue weighted by Gasteiger charge is 2.33. The molecule has 2 heterocycles. The number of carbonyl (C=O) groups excluding carboxylic acids is 3. The Hall–Kier alpha value is -3.65. The summed E-state index contributed by atoms with van der Waals surface area (Å²) in [5, 5.41) is 6.52. The molecule has 0 radical (unpaired) electrons. The van der Waals surface area contributed by atoms with Gasteiger partial charge < -0.3 is 20.3 Å². The molecule has 1 atom stereocenters. The molecule has 2 amide bonds. The van der Waals surface area contributed by atoms with Crippen molar-refractivity contribution in [2.75, 3.05) is 18.4 Å². The van der Waals surface area contributed by atoms with Gasteiger partial charge in [0.1, 0.15) is 5.60 Å². The molecular weight excluding hydrogens is 486 g/mol. The molecule has 0 spiro atoms. The van der Waals surface area contributed by atoms with Crippen molar-refractivity contribution < 1.29 is 19.1 Å². The van der Waals surface area contributed by atoms with E-state index < -0.39 is 5.60 Å². The summed E-state index contributed by atoms with van der Waals surface area (Å²) in [6, 6.07) is 17.4. The summed E-state index contributed by atoms with van der Waals surface area (Å²) in [6.07, 6.45) is 0.546. The first kappa shape index (κ1) is 26.4. The number of amides is 2. The highest BCUT2D eigenvalue weighted by atomic mass is 32.1. The average Bonchev–Trinajstić information content (AvgIpc) is 3.30. The molecule has 2 N–H and O–H groups in total. The molecule has 1 aliphatic rings. The number of rotatable bonds is 7. The second kappa shape index (κ2) is 10.8. The lowest BCUT2D eigenvalue weighted by Crippen LogP contribution is -2.57. The van der Waals surface area contributed by atoms with E-state index in [0.717, 1.165) is 33.5 Å². The van der Waals surface area contributed by atoms with E-state index in [1.807, 2.05) is 89.2 Å². The SMILES string of the molecule is Cc1ccc(NC2CN(C(=O)OC(C)(C)C)C2)cc1C(=O)N[C@H](C)c1cccc(-c2ccc(C=O)s2)c1. The number of carbonyl (C=O) groups is 3. The van der Waals surface area contributed by atoms with Crippen LogP contribution in [-0.4, -0.2) is 47.9 Å². The van der Waals surface area contributed by atoms with Crippen LogP contribution in [0.2, 0.25) is 0 Å². The fourth-order valence-corrected chi connectivity index (χ4v) is 4.95. The van der Waals surface area contributed by atoms with Crippen LogP contribution in [0.1, 0.15) is 64.9 Å². The highest BCUT2D eigenvalue weighted by molar-refractivity contribution is 7.17. The molecule has 1 fully saturated rings. The molecule has 0 bridgehead atoms. The fourth-order valence-electron chi connectivity index (χ4n) is 4.13. The molecule has 0 aliphatic carbocycles. The largest absolute Gasteiger partial charge is 0.444 e. The van der Waals surface area contributed by atoms with Gasteiger partial charge in [0.25, 0.3) is 5.91 Å². The Balaban J connectivity index is 1.38. The van der Waals surface area contributed by atoms with Crippen LogP contribution in [0.4, 0.5) is 10.5 Å². The van der Waals surface area contributed by atoms with Gasteiger partial charge in [0.05, 0.1) is 17.0 Å². The summed E-state index contributed by atoms with van der Waals surface area (Å²) in [5.74, 6) is -0.151. The van der Waals surface area contributed by atoms with E-state index in [1.54, 1.807) is 4.90 Å². The molecular formula is C29H33N3O4S. The lowest BCUT2D eigenvalue weighted by molar-refractivity contribution is 0.0105. The number of thiophene rings is 1. The third kappa shape index (κ3) is 6.57. The van der Waals surface area contributed by atoms with Crippen LogP contribution in [0.5, 0.6) is 0 Å². The van der Waals surface area contributed by atoms with Crippen molar-refractivity contribution in [2.24, 2.45) is 0 Å². The van der Waals surface area contributed by atoms with Crippen LogP contribution in [0.25, 0.3) is 10.4 Å². The van der Waals surface area contributed by atoms with Gasteiger partial charge in [-0.2, -0.15) is 0 Å². The molecule has 8 heteroatoms. The number of hydrogen-bond acceptors (Lipinski definition) is 6. The summed E-state index contributed by atoms with van der Waals surface area (Å²) in [6.45, 7) is 10.5.